The fourth-order valence-electron chi connectivity index (χ4n) is 2.99. The highest BCUT2D eigenvalue weighted by Crippen LogP contribution is 2.31. The van der Waals surface area contributed by atoms with E-state index in [0.29, 0.717) is 21.5 Å². The van der Waals surface area contributed by atoms with Gasteiger partial charge in [-0.2, -0.15) is 5.26 Å². The van der Waals surface area contributed by atoms with Gasteiger partial charge in [-0.1, -0.05) is 11.6 Å². The second kappa shape index (κ2) is 8.60. The Balaban J connectivity index is 1.56. The molecular formula is C22H15ClN4O3S. The van der Waals surface area contributed by atoms with Gasteiger partial charge in [-0.25, -0.2) is 4.98 Å². The Morgan fingerprint density at radius 2 is 2.03 bits per heavy atom. The number of fused-ring (bicyclic) bond motifs is 1. The fourth-order valence-corrected chi connectivity index (χ4v) is 4.28. The lowest BCUT2D eigenvalue weighted by atomic mass is 10.2. The van der Waals surface area contributed by atoms with Crippen LogP contribution in [0.15, 0.2) is 59.7 Å². The Labute approximate surface area is 186 Å². The molecule has 0 spiro atoms. The number of halogens is 1. The summed E-state index contributed by atoms with van der Waals surface area (Å²) in [6.45, 7) is -0.199. The SMILES string of the molecule is COc1ccc(-c2cc3ncn(CC(=O)Nc4ccc(C#N)c(Cl)c4)c(=O)c3s2)cc1. The van der Waals surface area contributed by atoms with Crippen LogP contribution >= 0.6 is 22.9 Å². The van der Waals surface area contributed by atoms with Gasteiger partial charge in [0.1, 0.15) is 23.1 Å². The van der Waals surface area contributed by atoms with Crippen LogP contribution in [-0.2, 0) is 11.3 Å². The molecule has 1 amide bonds. The van der Waals surface area contributed by atoms with Crippen molar-refractivity contribution in [2.45, 2.75) is 6.54 Å². The number of amides is 1. The van der Waals surface area contributed by atoms with E-state index in [-0.39, 0.29) is 17.1 Å². The maximum atomic E-state index is 12.9. The van der Waals surface area contributed by atoms with E-state index in [2.05, 4.69) is 10.3 Å². The molecule has 0 unspecified atom stereocenters. The predicted molar refractivity (Wildman–Crippen MR) is 121 cm³/mol. The summed E-state index contributed by atoms with van der Waals surface area (Å²) in [4.78, 5) is 30.5. The van der Waals surface area contributed by atoms with E-state index in [0.717, 1.165) is 16.2 Å². The molecule has 154 valence electrons. The Morgan fingerprint density at radius 3 is 2.71 bits per heavy atom. The highest BCUT2D eigenvalue weighted by Gasteiger charge is 2.13. The third-order valence-electron chi connectivity index (χ3n) is 4.57. The number of carbonyl (C=O) groups excluding carboxylic acids is 1. The van der Waals surface area contributed by atoms with E-state index in [1.54, 1.807) is 13.2 Å². The number of ether oxygens (including phenoxy) is 1. The van der Waals surface area contributed by atoms with Gasteiger partial charge in [0, 0.05) is 10.6 Å². The fraction of sp³-hybridized carbons (Fsp3) is 0.0909. The van der Waals surface area contributed by atoms with Crippen molar-refractivity contribution in [1.82, 2.24) is 9.55 Å². The Kier molecular flexibility index (Phi) is 5.71. The zero-order valence-electron chi connectivity index (χ0n) is 16.3. The number of aromatic nitrogens is 2. The van der Waals surface area contributed by atoms with Crippen LogP contribution in [0.5, 0.6) is 5.75 Å². The van der Waals surface area contributed by atoms with Gasteiger partial charge in [0.25, 0.3) is 5.56 Å². The van der Waals surface area contributed by atoms with Crippen molar-refractivity contribution in [2.75, 3.05) is 12.4 Å². The molecular weight excluding hydrogens is 436 g/mol. The summed E-state index contributed by atoms with van der Waals surface area (Å²) in [7, 11) is 1.60. The summed E-state index contributed by atoms with van der Waals surface area (Å²) in [5, 5.41) is 11.8. The number of nitrogens with zero attached hydrogens (tertiary/aromatic N) is 3. The topological polar surface area (TPSA) is 97.0 Å². The lowest BCUT2D eigenvalue weighted by Crippen LogP contribution is -2.27. The number of carbonyl (C=O) groups is 1. The minimum absolute atomic E-state index is 0.199. The molecule has 31 heavy (non-hydrogen) atoms. The van der Waals surface area contributed by atoms with Gasteiger partial charge in [-0.05, 0) is 54.1 Å². The van der Waals surface area contributed by atoms with Crippen LogP contribution in [0.25, 0.3) is 20.7 Å². The molecule has 0 aliphatic rings. The van der Waals surface area contributed by atoms with Crippen molar-refractivity contribution in [3.05, 3.63) is 75.8 Å². The largest absolute Gasteiger partial charge is 0.497 e. The Hall–Kier alpha value is -3.67. The number of hydrogen-bond donors (Lipinski definition) is 1. The summed E-state index contributed by atoms with van der Waals surface area (Å²) < 4.78 is 6.91. The monoisotopic (exact) mass is 450 g/mol. The van der Waals surface area contributed by atoms with Crippen molar-refractivity contribution in [3.63, 3.8) is 0 Å². The molecule has 0 aliphatic heterocycles. The molecule has 4 rings (SSSR count). The summed E-state index contributed by atoms with van der Waals surface area (Å²) in [6, 6.07) is 15.9. The third kappa shape index (κ3) is 4.28. The van der Waals surface area contributed by atoms with Gasteiger partial charge in [-0.3, -0.25) is 14.2 Å². The van der Waals surface area contributed by atoms with E-state index in [4.69, 9.17) is 21.6 Å². The number of rotatable bonds is 5. The van der Waals surface area contributed by atoms with Gasteiger partial charge in [-0.15, -0.1) is 11.3 Å². The van der Waals surface area contributed by atoms with Gasteiger partial charge in [0.2, 0.25) is 5.91 Å². The first-order valence-corrected chi connectivity index (χ1v) is 10.3. The number of nitriles is 1. The average Bonchev–Trinajstić information content (AvgIpc) is 3.21. The van der Waals surface area contributed by atoms with Crippen LogP contribution < -0.4 is 15.6 Å². The molecule has 9 heteroatoms. The van der Waals surface area contributed by atoms with Crippen molar-refractivity contribution in [1.29, 1.82) is 5.26 Å². The molecule has 7 nitrogen and oxygen atoms in total. The van der Waals surface area contributed by atoms with E-state index in [1.807, 2.05) is 36.4 Å². The summed E-state index contributed by atoms with van der Waals surface area (Å²) in [5.74, 6) is 0.343. The van der Waals surface area contributed by atoms with E-state index < -0.39 is 5.91 Å². The van der Waals surface area contributed by atoms with E-state index >= 15 is 0 Å². The first-order valence-electron chi connectivity index (χ1n) is 9.11. The number of hydrogen-bond acceptors (Lipinski definition) is 6. The number of anilines is 1. The van der Waals surface area contributed by atoms with Gasteiger partial charge in [0.15, 0.2) is 0 Å². The van der Waals surface area contributed by atoms with Crippen LogP contribution in [0.2, 0.25) is 5.02 Å². The summed E-state index contributed by atoms with van der Waals surface area (Å²) in [6.07, 6.45) is 1.36. The lowest BCUT2D eigenvalue weighted by molar-refractivity contribution is -0.116. The predicted octanol–water partition coefficient (Wildman–Crippen LogP) is 4.30. The van der Waals surface area contributed by atoms with E-state index in [9.17, 15) is 9.59 Å². The minimum atomic E-state index is -0.407. The maximum Gasteiger partial charge on any atom is 0.271 e. The van der Waals surface area contributed by atoms with Crippen molar-refractivity contribution < 1.29 is 9.53 Å². The zero-order chi connectivity index (χ0) is 22.0. The lowest BCUT2D eigenvalue weighted by Gasteiger charge is -2.08. The first-order chi connectivity index (χ1) is 15.0. The molecule has 0 atom stereocenters. The molecule has 0 saturated heterocycles. The average molecular weight is 451 g/mol. The molecule has 2 aromatic carbocycles. The quantitative estimate of drug-likeness (QED) is 0.489. The van der Waals surface area contributed by atoms with Crippen LogP contribution in [-0.4, -0.2) is 22.6 Å². The molecule has 0 fully saturated rings. The molecule has 0 radical (unpaired) electrons. The normalized spacial score (nSPS) is 10.6. The molecule has 0 bridgehead atoms. The Bertz CT molecular complexity index is 1390. The minimum Gasteiger partial charge on any atom is -0.497 e. The molecule has 1 N–H and O–H groups in total. The molecule has 2 aromatic heterocycles. The maximum absolute atomic E-state index is 12.9. The van der Waals surface area contributed by atoms with Gasteiger partial charge < -0.3 is 10.1 Å². The van der Waals surface area contributed by atoms with Crippen molar-refractivity contribution >= 4 is 44.7 Å². The molecule has 0 saturated carbocycles. The van der Waals surface area contributed by atoms with Crippen LogP contribution in [0.3, 0.4) is 0 Å². The van der Waals surface area contributed by atoms with Crippen LogP contribution in [0, 0.1) is 11.3 Å². The summed E-state index contributed by atoms with van der Waals surface area (Å²) >= 11 is 7.31. The van der Waals surface area contributed by atoms with Gasteiger partial charge in [0.05, 0.1) is 29.5 Å². The second-order valence-corrected chi connectivity index (χ2v) is 8.05. The smallest absolute Gasteiger partial charge is 0.271 e. The van der Waals surface area contributed by atoms with Gasteiger partial charge >= 0.3 is 0 Å². The summed E-state index contributed by atoms with van der Waals surface area (Å²) in [5.41, 5.74) is 1.99. The number of benzene rings is 2. The highest BCUT2D eigenvalue weighted by atomic mass is 35.5. The zero-order valence-corrected chi connectivity index (χ0v) is 17.8. The number of nitrogens with one attached hydrogen (secondary N) is 1. The number of methoxy groups -OCH3 is 1. The Morgan fingerprint density at radius 1 is 1.26 bits per heavy atom. The standard InChI is InChI=1S/C22H15ClN4O3S/c1-30-16-6-3-13(4-7-16)19-9-18-21(31-19)22(29)27(12-25-18)11-20(28)26-15-5-2-14(10-24)17(23)8-15/h2-9,12H,11H2,1H3,(H,26,28). The second-order valence-electron chi connectivity index (χ2n) is 6.59. The molecule has 4 aromatic rings. The van der Waals surface area contributed by atoms with Crippen molar-refractivity contribution in [3.8, 4) is 22.3 Å². The molecule has 0 aliphatic carbocycles. The first kappa shape index (κ1) is 20.6. The van der Waals surface area contributed by atoms with E-state index in [1.165, 1.54) is 34.4 Å². The number of thiophene rings is 1. The van der Waals surface area contributed by atoms with Crippen molar-refractivity contribution in [2.24, 2.45) is 0 Å². The highest BCUT2D eigenvalue weighted by molar-refractivity contribution is 7.22. The molecule has 2 heterocycles. The van der Waals surface area contributed by atoms with Crippen LogP contribution in [0.1, 0.15) is 5.56 Å². The van der Waals surface area contributed by atoms with Crippen LogP contribution in [0.4, 0.5) is 5.69 Å². The third-order valence-corrected chi connectivity index (χ3v) is 6.04.